The quantitative estimate of drug-likeness (QED) is 0.0482. The van der Waals surface area contributed by atoms with Crippen molar-refractivity contribution in [2.45, 2.75) is 89.1 Å². The molecule has 6 N–H and O–H groups in total. The number of hydrogen-bond donors (Lipinski definition) is 5. The number of aliphatic hydroxyl groups excluding tert-OH is 1. The number of nitrogens with one attached hydrogen (secondary N) is 3. The highest BCUT2D eigenvalue weighted by Gasteiger charge is 2.34. The number of nitrogens with zero attached hydrogens (tertiary/aromatic N) is 2. The van der Waals surface area contributed by atoms with E-state index in [0.29, 0.717) is 50.0 Å². The number of H-pyrrole nitrogens is 1. The van der Waals surface area contributed by atoms with Crippen molar-refractivity contribution in [2.24, 2.45) is 0 Å². The van der Waals surface area contributed by atoms with E-state index in [4.69, 9.17) is 15.2 Å². The first-order valence-corrected chi connectivity index (χ1v) is 21.8. The topological polar surface area (TPSA) is 164 Å². The molecule has 3 heterocycles. The number of para-hydroxylation sites is 4. The number of aromatic nitrogens is 2. The molecule has 2 saturated heterocycles. The Morgan fingerprint density at radius 3 is 2.27 bits per heavy atom. The Labute approximate surface area is 362 Å². The van der Waals surface area contributed by atoms with Crippen LogP contribution in [0, 0.1) is 0 Å². The maximum Gasteiger partial charge on any atom is 0.326 e. The number of benzene rings is 5. The first-order valence-electron chi connectivity index (χ1n) is 21.8. The lowest BCUT2D eigenvalue weighted by atomic mass is 9.97. The van der Waals surface area contributed by atoms with Crippen LogP contribution in [-0.4, -0.2) is 57.1 Å². The number of hydrogen-bond acceptors (Lipinski definition) is 8. The van der Waals surface area contributed by atoms with E-state index < -0.39 is 6.29 Å². The summed E-state index contributed by atoms with van der Waals surface area (Å²) < 4.78 is 15.4. The van der Waals surface area contributed by atoms with Gasteiger partial charge in [-0.2, -0.15) is 0 Å². The van der Waals surface area contributed by atoms with Crippen molar-refractivity contribution >= 4 is 34.2 Å². The highest BCUT2D eigenvalue weighted by molar-refractivity contribution is 5.93. The number of rotatable bonds is 16. The smallest absolute Gasteiger partial charge is 0.326 e. The van der Waals surface area contributed by atoms with E-state index >= 15 is 0 Å². The van der Waals surface area contributed by atoms with Crippen molar-refractivity contribution in [3.8, 4) is 11.1 Å². The molecule has 0 aliphatic carbocycles. The Kier molecular flexibility index (Phi) is 13.9. The summed E-state index contributed by atoms with van der Waals surface area (Å²) in [5.74, 6) is -0.101. The SMILES string of the molecule is Nc1ccccc1NC(=O)CCCCCC(=O)NCc1cccc(-c2cccc([C@H]3O[C@@H](CN4CCC(n5c(=O)[nH]c6ccccc65)CC4)C[C@@H](c4ccc(CO)cc4)O3)c2)c1. The Morgan fingerprint density at radius 2 is 1.48 bits per heavy atom. The van der Waals surface area contributed by atoms with Crippen LogP contribution in [0.4, 0.5) is 11.4 Å². The minimum Gasteiger partial charge on any atom is -0.397 e. The molecule has 5 aromatic carbocycles. The lowest BCUT2D eigenvalue weighted by molar-refractivity contribution is -0.253. The molecule has 62 heavy (non-hydrogen) atoms. The summed E-state index contributed by atoms with van der Waals surface area (Å²) in [5.41, 5.74) is 14.7. The van der Waals surface area contributed by atoms with E-state index in [1.165, 1.54) is 0 Å². The van der Waals surface area contributed by atoms with Crippen LogP contribution >= 0.6 is 0 Å². The molecule has 1 aromatic heterocycles. The van der Waals surface area contributed by atoms with Crippen LogP contribution in [0.3, 0.4) is 0 Å². The molecular formula is C50H56N6O6. The number of ether oxygens (including phenoxy) is 2. The molecule has 2 amide bonds. The zero-order valence-electron chi connectivity index (χ0n) is 35.0. The summed E-state index contributed by atoms with van der Waals surface area (Å²) in [6, 6.07) is 39.6. The lowest BCUT2D eigenvalue weighted by Crippen LogP contribution is -2.43. The van der Waals surface area contributed by atoms with Gasteiger partial charge in [-0.25, -0.2) is 4.79 Å². The molecule has 6 aromatic rings. The summed E-state index contributed by atoms with van der Waals surface area (Å²) >= 11 is 0. The van der Waals surface area contributed by atoms with Crippen molar-refractivity contribution in [3.05, 3.63) is 154 Å². The molecule has 0 unspecified atom stereocenters. The Hall–Kier alpha value is -6.05. The first kappa shape index (κ1) is 42.6. The number of nitrogens with two attached hydrogens (primary N) is 1. The van der Waals surface area contributed by atoms with E-state index in [1.54, 1.807) is 12.1 Å². The molecule has 322 valence electrons. The molecule has 3 atom stereocenters. The second-order valence-electron chi connectivity index (χ2n) is 16.5. The van der Waals surface area contributed by atoms with Crippen molar-refractivity contribution < 1.29 is 24.2 Å². The van der Waals surface area contributed by atoms with Gasteiger partial charge in [0.15, 0.2) is 6.29 Å². The van der Waals surface area contributed by atoms with Crippen LogP contribution in [0.1, 0.15) is 92.1 Å². The van der Waals surface area contributed by atoms with Crippen molar-refractivity contribution in [1.29, 1.82) is 0 Å². The van der Waals surface area contributed by atoms with Crippen LogP contribution in [0.5, 0.6) is 0 Å². The van der Waals surface area contributed by atoms with Crippen LogP contribution in [0.15, 0.2) is 126 Å². The second kappa shape index (κ2) is 20.2. The first-order chi connectivity index (χ1) is 30.3. The predicted molar refractivity (Wildman–Crippen MR) is 242 cm³/mol. The molecule has 2 aliphatic heterocycles. The summed E-state index contributed by atoms with van der Waals surface area (Å²) in [6.07, 6.45) is 4.48. The molecule has 8 rings (SSSR count). The molecule has 2 aliphatic rings. The van der Waals surface area contributed by atoms with Gasteiger partial charge in [-0.3, -0.25) is 14.2 Å². The Morgan fingerprint density at radius 1 is 0.758 bits per heavy atom. The largest absolute Gasteiger partial charge is 0.397 e. The van der Waals surface area contributed by atoms with Gasteiger partial charge in [-0.1, -0.05) is 91.3 Å². The third-order valence-electron chi connectivity index (χ3n) is 12.1. The van der Waals surface area contributed by atoms with Crippen molar-refractivity contribution in [2.75, 3.05) is 30.7 Å². The number of aromatic amines is 1. The number of carbonyl (C=O) groups is 2. The number of piperidine rings is 1. The highest BCUT2D eigenvalue weighted by atomic mass is 16.7. The number of imidazole rings is 1. The summed E-state index contributed by atoms with van der Waals surface area (Å²) in [4.78, 5) is 43.4. The lowest BCUT2D eigenvalue weighted by Gasteiger charge is -2.40. The molecule has 0 spiro atoms. The van der Waals surface area contributed by atoms with E-state index in [-0.39, 0.29) is 42.4 Å². The predicted octanol–water partition coefficient (Wildman–Crippen LogP) is 8.16. The fourth-order valence-electron chi connectivity index (χ4n) is 8.70. The summed E-state index contributed by atoms with van der Waals surface area (Å²) in [5, 5.41) is 15.6. The zero-order chi connectivity index (χ0) is 42.8. The molecular weight excluding hydrogens is 781 g/mol. The Balaban J connectivity index is 0.868. The van der Waals surface area contributed by atoms with Gasteiger partial charge in [0, 0.05) is 57.0 Å². The number of carbonyl (C=O) groups excluding carboxylic acids is 2. The highest BCUT2D eigenvalue weighted by Crippen LogP contribution is 2.39. The minimum atomic E-state index is -0.599. The summed E-state index contributed by atoms with van der Waals surface area (Å²) in [7, 11) is 0. The van der Waals surface area contributed by atoms with Gasteiger partial charge in [0.1, 0.15) is 0 Å². The van der Waals surface area contributed by atoms with Crippen molar-refractivity contribution in [1.82, 2.24) is 19.8 Å². The summed E-state index contributed by atoms with van der Waals surface area (Å²) in [6.45, 7) is 2.86. The number of aliphatic hydroxyl groups is 1. The molecule has 0 saturated carbocycles. The third-order valence-corrected chi connectivity index (χ3v) is 12.1. The molecule has 0 bridgehead atoms. The minimum absolute atomic E-state index is 0.0171. The van der Waals surface area contributed by atoms with Gasteiger partial charge in [-0.05, 0) is 89.9 Å². The van der Waals surface area contributed by atoms with Gasteiger partial charge in [0.25, 0.3) is 0 Å². The standard InChI is InChI=1S/C50H56N6O6/c51-42-14-4-5-15-43(42)53-48(59)19-3-1-2-18-47(58)52-31-35-10-8-11-37(28-35)38-12-9-13-39(29-38)49-61-41(30-46(62-49)36-22-20-34(33-57)21-23-36)32-55-26-24-40(25-27-55)56-45-17-7-6-16-44(45)54-50(56)60/h4-17,20-23,28-29,40-41,46,49,57H,1-3,18-19,24-27,30-33,51H2,(H,52,58)(H,53,59)(H,54,60)/t41-,46+,49+/m1/s1. The molecule has 0 radical (unpaired) electrons. The van der Waals surface area contributed by atoms with Crippen molar-refractivity contribution in [3.63, 3.8) is 0 Å². The van der Waals surface area contributed by atoms with Gasteiger partial charge < -0.3 is 40.8 Å². The van der Waals surface area contributed by atoms with Crippen LogP contribution in [-0.2, 0) is 32.2 Å². The van der Waals surface area contributed by atoms with E-state index in [2.05, 4.69) is 44.8 Å². The van der Waals surface area contributed by atoms with Gasteiger partial charge >= 0.3 is 5.69 Å². The second-order valence-corrected chi connectivity index (χ2v) is 16.5. The van der Waals surface area contributed by atoms with Gasteiger partial charge in [-0.15, -0.1) is 0 Å². The number of unbranched alkanes of at least 4 members (excludes halogenated alkanes) is 2. The maximum absolute atomic E-state index is 12.9. The van der Waals surface area contributed by atoms with Crippen LogP contribution in [0.25, 0.3) is 22.2 Å². The number of fused-ring (bicyclic) bond motifs is 1. The fourth-order valence-corrected chi connectivity index (χ4v) is 8.70. The van der Waals surface area contributed by atoms with Crippen LogP contribution in [0.2, 0.25) is 0 Å². The normalized spacial score (nSPS) is 18.4. The third kappa shape index (κ3) is 10.7. The fraction of sp³-hybridized carbons (Fsp3) is 0.340. The average molecular weight is 837 g/mol. The zero-order valence-corrected chi connectivity index (χ0v) is 35.0. The number of nitrogen functional groups attached to an aromatic ring is 1. The Bertz CT molecular complexity index is 2510. The van der Waals surface area contributed by atoms with E-state index in [0.717, 1.165) is 83.3 Å². The van der Waals surface area contributed by atoms with E-state index in [1.807, 2.05) is 89.5 Å². The maximum atomic E-state index is 12.9. The number of anilines is 2. The van der Waals surface area contributed by atoms with Gasteiger partial charge in [0.05, 0.1) is 41.2 Å². The van der Waals surface area contributed by atoms with E-state index in [9.17, 15) is 19.5 Å². The molecule has 12 heteroatoms. The van der Waals surface area contributed by atoms with Gasteiger partial charge in [0.2, 0.25) is 11.8 Å². The van der Waals surface area contributed by atoms with Crippen LogP contribution < -0.4 is 22.1 Å². The molecule has 2 fully saturated rings. The molecule has 12 nitrogen and oxygen atoms in total. The average Bonchev–Trinajstić information content (AvgIpc) is 3.64. The number of amides is 2. The number of likely N-dealkylation sites (tertiary alicyclic amines) is 1. The monoisotopic (exact) mass is 836 g/mol.